The van der Waals surface area contributed by atoms with Gasteiger partial charge in [0.15, 0.2) is 0 Å². The van der Waals surface area contributed by atoms with Crippen molar-refractivity contribution in [1.29, 1.82) is 0 Å². The van der Waals surface area contributed by atoms with Gasteiger partial charge in [0, 0.05) is 0 Å². The molecule has 172 valence electrons. The van der Waals surface area contributed by atoms with Crippen LogP contribution in [0.3, 0.4) is 0 Å². The zero-order valence-corrected chi connectivity index (χ0v) is 12.2. The van der Waals surface area contributed by atoms with Crippen molar-refractivity contribution >= 4 is 5.71 Å². The fourth-order valence-corrected chi connectivity index (χ4v) is 1.37. The van der Waals surface area contributed by atoms with E-state index in [1.165, 1.54) is 0 Å². The van der Waals surface area contributed by atoms with Crippen LogP contribution in [0.1, 0.15) is 0 Å². The van der Waals surface area contributed by atoms with Crippen LogP contribution in [0, 0.1) is 0 Å². The minimum atomic E-state index is -8.24. The molecule has 0 saturated carbocycles. The Kier molecular flexibility index (Phi) is 6.14. The van der Waals surface area contributed by atoms with Gasteiger partial charge in [-0.25, -0.2) is 0 Å². The van der Waals surface area contributed by atoms with Gasteiger partial charge in [0.25, 0.3) is 0 Å². The molecule has 0 fully saturated rings. The summed E-state index contributed by atoms with van der Waals surface area (Å²) in [5.74, 6) is -48.7. The van der Waals surface area contributed by atoms with Crippen LogP contribution in [-0.2, 0) is 0 Å². The number of hydrogen-bond donors (Lipinski definition) is 0. The Morgan fingerprint density at radius 3 is 0.759 bits per heavy atom. The molecular weight excluding hydrogens is 478 g/mol. The Morgan fingerprint density at radius 1 is 0.414 bits per heavy atom. The van der Waals surface area contributed by atoms with Gasteiger partial charge in [-0.15, -0.1) is 0 Å². The van der Waals surface area contributed by atoms with Crippen molar-refractivity contribution in [1.82, 2.24) is 0 Å². The zero-order valence-electron chi connectivity index (χ0n) is 12.2. The molecule has 0 aromatic heterocycles. The van der Waals surface area contributed by atoms with E-state index in [2.05, 4.69) is 0 Å². The molecule has 0 aliphatic carbocycles. The summed E-state index contributed by atoms with van der Waals surface area (Å²) in [7, 11) is 0. The van der Waals surface area contributed by atoms with E-state index in [4.69, 9.17) is 5.53 Å². The van der Waals surface area contributed by atoms with Crippen molar-refractivity contribution < 1.29 is 83.8 Å². The minimum absolute atomic E-state index is 0.210. The summed E-state index contributed by atoms with van der Waals surface area (Å²) < 4.78 is 226. The molecule has 0 aliphatic heterocycles. The highest BCUT2D eigenvalue weighted by Crippen LogP contribution is 2.58. The summed E-state index contributed by atoms with van der Waals surface area (Å²) in [5.41, 5.74) is 2.54. The quantitative estimate of drug-likeness (QED) is 0.207. The average Bonchev–Trinajstić information content (AvgIpc) is 2.43. The zero-order chi connectivity index (χ0) is 24.3. The molecule has 0 amide bonds. The van der Waals surface area contributed by atoms with Gasteiger partial charge in [-0.3, -0.25) is 0 Å². The third-order valence-corrected chi connectivity index (χ3v) is 2.98. The van der Waals surface area contributed by atoms with Crippen LogP contribution in [0.15, 0.2) is 0 Å². The standard InChI is InChI=1S/C9F18N2/c10-2(11,4(14,15)6(18,19)8(22,23)24)1(29-28)3(12,13)5(16,17)7(20,21)9(25,26)27. The molecule has 0 radical (unpaired) electrons. The molecule has 0 N–H and O–H groups in total. The second-order valence-electron chi connectivity index (χ2n) is 4.89. The first-order valence-corrected chi connectivity index (χ1v) is 5.83. The number of rotatable bonds is 6. The lowest BCUT2D eigenvalue weighted by molar-refractivity contribution is -0.400. The molecule has 29 heavy (non-hydrogen) atoms. The summed E-state index contributed by atoms with van der Waals surface area (Å²) in [6.07, 6.45) is -15.4. The third kappa shape index (κ3) is 3.48. The molecule has 0 heterocycles. The number of nitrogens with zero attached hydrogens (tertiary/aromatic N) is 2. The van der Waals surface area contributed by atoms with E-state index >= 15 is 0 Å². The number of halogens is 18. The Hall–Kier alpha value is -1.88. The smallest absolute Gasteiger partial charge is 0.361 e. The SMILES string of the molecule is [N-]=[N+]=C(C(F)(F)C(F)(F)C(F)(F)C(F)(F)F)C(F)(F)C(F)(F)C(F)(F)C(F)(F)F. The van der Waals surface area contributed by atoms with E-state index in [-0.39, 0.29) is 4.79 Å². The molecule has 2 nitrogen and oxygen atoms in total. The molecule has 0 rings (SSSR count). The van der Waals surface area contributed by atoms with Crippen LogP contribution in [0.2, 0.25) is 0 Å². The molecule has 0 aromatic rings. The molecule has 0 aliphatic rings. The predicted molar refractivity (Wildman–Crippen MR) is 50.4 cm³/mol. The molecule has 0 aromatic carbocycles. The Morgan fingerprint density at radius 2 is 0.621 bits per heavy atom. The second-order valence-corrected chi connectivity index (χ2v) is 4.89. The van der Waals surface area contributed by atoms with Crippen molar-refractivity contribution in [2.75, 3.05) is 0 Å². The summed E-state index contributed by atoms with van der Waals surface area (Å²) in [6, 6.07) is 0. The maximum absolute atomic E-state index is 13.2. The van der Waals surface area contributed by atoms with Crippen LogP contribution in [0.4, 0.5) is 79.0 Å². The van der Waals surface area contributed by atoms with Gasteiger partial charge < -0.3 is 5.53 Å². The molecule has 0 atom stereocenters. The van der Waals surface area contributed by atoms with Crippen LogP contribution in [-0.4, -0.2) is 58.4 Å². The largest absolute Gasteiger partial charge is 0.460 e. The molecular formula is C9F18N2. The molecule has 0 spiro atoms. The molecule has 0 saturated heterocycles. The molecule has 20 heteroatoms. The number of hydrogen-bond acceptors (Lipinski definition) is 0. The lowest BCUT2D eigenvalue weighted by Crippen LogP contribution is -2.71. The fourth-order valence-electron chi connectivity index (χ4n) is 1.37. The Bertz CT molecular complexity index is 622. The van der Waals surface area contributed by atoms with E-state index in [9.17, 15) is 79.0 Å². The average molecular weight is 478 g/mol. The Labute approximate surface area is 144 Å². The fraction of sp³-hybridized carbons (Fsp3) is 0.889. The van der Waals surface area contributed by atoms with E-state index in [0.29, 0.717) is 0 Å². The highest BCUT2D eigenvalue weighted by atomic mass is 19.4. The normalized spacial score (nSPS) is 15.9. The van der Waals surface area contributed by atoms with E-state index < -0.39 is 53.6 Å². The van der Waals surface area contributed by atoms with Crippen LogP contribution >= 0.6 is 0 Å². The van der Waals surface area contributed by atoms with Gasteiger partial charge in [0.2, 0.25) is 0 Å². The van der Waals surface area contributed by atoms with E-state index in [1.54, 1.807) is 0 Å². The topological polar surface area (TPSA) is 36.4 Å². The first-order valence-electron chi connectivity index (χ1n) is 5.83. The summed E-state index contributed by atoms with van der Waals surface area (Å²) in [4.78, 5) is 0.210. The van der Waals surface area contributed by atoms with Crippen molar-refractivity contribution in [3.63, 3.8) is 0 Å². The maximum Gasteiger partial charge on any atom is 0.460 e. The third-order valence-electron chi connectivity index (χ3n) is 2.98. The second kappa shape index (κ2) is 6.56. The van der Waals surface area contributed by atoms with Gasteiger partial charge in [-0.2, -0.15) is 83.8 Å². The van der Waals surface area contributed by atoms with Crippen LogP contribution < -0.4 is 0 Å². The van der Waals surface area contributed by atoms with Crippen molar-refractivity contribution in [2.45, 2.75) is 47.9 Å². The van der Waals surface area contributed by atoms with E-state index in [1.807, 2.05) is 0 Å². The lowest BCUT2D eigenvalue weighted by atomic mass is 9.90. The lowest BCUT2D eigenvalue weighted by Gasteiger charge is -2.35. The van der Waals surface area contributed by atoms with Crippen molar-refractivity contribution in [3.05, 3.63) is 5.53 Å². The summed E-state index contributed by atoms with van der Waals surface area (Å²) in [6.45, 7) is 0. The minimum Gasteiger partial charge on any atom is -0.361 e. The van der Waals surface area contributed by atoms with Crippen molar-refractivity contribution in [2.24, 2.45) is 0 Å². The van der Waals surface area contributed by atoms with E-state index in [0.717, 1.165) is 0 Å². The van der Waals surface area contributed by atoms with Crippen LogP contribution in [0.25, 0.3) is 5.53 Å². The Balaban J connectivity index is 6.85. The van der Waals surface area contributed by atoms with Gasteiger partial charge in [0.05, 0.1) is 0 Å². The molecule has 0 bridgehead atoms. The summed E-state index contributed by atoms with van der Waals surface area (Å²) >= 11 is 0. The first kappa shape index (κ1) is 27.1. The highest BCUT2D eigenvalue weighted by molar-refractivity contribution is 5.94. The predicted octanol–water partition coefficient (Wildman–Crippen LogP) is 5.59. The van der Waals surface area contributed by atoms with Gasteiger partial charge >= 0.3 is 53.6 Å². The number of alkyl halides is 18. The summed E-state index contributed by atoms with van der Waals surface area (Å²) in [5, 5.41) is 0. The maximum atomic E-state index is 13.2. The first-order chi connectivity index (χ1) is 12.2. The van der Waals surface area contributed by atoms with Gasteiger partial charge in [0.1, 0.15) is 0 Å². The molecule has 0 unspecified atom stereocenters. The van der Waals surface area contributed by atoms with Crippen LogP contribution in [0.5, 0.6) is 0 Å². The monoisotopic (exact) mass is 478 g/mol. The van der Waals surface area contributed by atoms with Crippen molar-refractivity contribution in [3.8, 4) is 0 Å². The van der Waals surface area contributed by atoms with Gasteiger partial charge in [-0.1, -0.05) is 0 Å². The van der Waals surface area contributed by atoms with Gasteiger partial charge in [-0.05, 0) is 0 Å². The highest BCUT2D eigenvalue weighted by Gasteiger charge is 2.92.